The lowest BCUT2D eigenvalue weighted by molar-refractivity contribution is -0.867. The van der Waals surface area contributed by atoms with Crippen LogP contribution in [0.5, 0.6) is 0 Å². The molecule has 0 radical (unpaired) electrons. The van der Waals surface area contributed by atoms with E-state index in [-0.39, 0.29) is 0 Å². The molecule has 1 N–H and O–H groups in total. The SMILES string of the molecule is [CH2-][NH+]1CCC[C@@H]1COC. The summed E-state index contributed by atoms with van der Waals surface area (Å²) in [6.07, 6.45) is 2.60. The molecule has 0 aromatic rings. The number of quaternary nitrogens is 1. The molecule has 54 valence electrons. The lowest BCUT2D eigenvalue weighted by atomic mass is 10.2. The normalized spacial score (nSPS) is 35.3. The minimum Gasteiger partial charge on any atom is -0.463 e. The molecule has 1 heterocycles. The first-order chi connectivity index (χ1) is 4.34. The molecule has 1 rings (SSSR count). The van der Waals surface area contributed by atoms with E-state index in [0.717, 1.165) is 6.61 Å². The van der Waals surface area contributed by atoms with Gasteiger partial charge in [-0.3, -0.25) is 0 Å². The van der Waals surface area contributed by atoms with Crippen molar-refractivity contribution in [2.45, 2.75) is 18.9 Å². The summed E-state index contributed by atoms with van der Waals surface area (Å²) in [4.78, 5) is 1.39. The molecule has 0 aromatic carbocycles. The standard InChI is InChI=1S/C7H15NO/c1-8-5-3-4-7(8)6-9-2/h7-8H,1,3-6H2,2H3/t7-/m1/s1. The first-order valence-electron chi connectivity index (χ1n) is 3.51. The number of ether oxygens (including phenoxy) is 1. The van der Waals surface area contributed by atoms with Gasteiger partial charge in [0.25, 0.3) is 0 Å². The highest BCUT2D eigenvalue weighted by Gasteiger charge is 2.19. The third-order valence-electron chi connectivity index (χ3n) is 2.00. The number of nitrogens with one attached hydrogen (secondary N) is 1. The van der Waals surface area contributed by atoms with Crippen LogP contribution in [0.15, 0.2) is 0 Å². The van der Waals surface area contributed by atoms with Gasteiger partial charge in [-0.1, -0.05) is 0 Å². The Morgan fingerprint density at radius 2 is 2.56 bits per heavy atom. The van der Waals surface area contributed by atoms with E-state index in [1.807, 2.05) is 0 Å². The van der Waals surface area contributed by atoms with E-state index in [2.05, 4.69) is 7.05 Å². The molecule has 0 aliphatic carbocycles. The molecule has 0 amide bonds. The molecule has 2 nitrogen and oxygen atoms in total. The third kappa shape index (κ3) is 1.66. The first kappa shape index (κ1) is 7.03. The van der Waals surface area contributed by atoms with E-state index in [0.29, 0.717) is 6.04 Å². The second-order valence-electron chi connectivity index (χ2n) is 2.70. The van der Waals surface area contributed by atoms with Crippen LogP contribution in [0, 0.1) is 7.05 Å². The third-order valence-corrected chi connectivity index (χ3v) is 2.00. The van der Waals surface area contributed by atoms with Crippen LogP contribution < -0.4 is 4.90 Å². The minimum absolute atomic E-state index is 0.662. The van der Waals surface area contributed by atoms with Crippen molar-refractivity contribution in [1.29, 1.82) is 0 Å². The Hall–Kier alpha value is -0.0800. The van der Waals surface area contributed by atoms with Crippen LogP contribution in [-0.2, 0) is 4.74 Å². The van der Waals surface area contributed by atoms with Gasteiger partial charge in [0.15, 0.2) is 0 Å². The monoisotopic (exact) mass is 129 g/mol. The van der Waals surface area contributed by atoms with Crippen molar-refractivity contribution >= 4 is 0 Å². The van der Waals surface area contributed by atoms with E-state index in [1.54, 1.807) is 7.11 Å². The maximum absolute atomic E-state index is 5.04. The van der Waals surface area contributed by atoms with Crippen molar-refractivity contribution in [3.63, 3.8) is 0 Å². The molecule has 9 heavy (non-hydrogen) atoms. The Labute approximate surface area is 56.8 Å². The van der Waals surface area contributed by atoms with Crippen LogP contribution in [0.4, 0.5) is 0 Å². The molecule has 2 atom stereocenters. The van der Waals surface area contributed by atoms with Gasteiger partial charge in [0, 0.05) is 13.5 Å². The lowest BCUT2D eigenvalue weighted by Crippen LogP contribution is -3.09. The van der Waals surface area contributed by atoms with E-state index in [4.69, 9.17) is 4.74 Å². The van der Waals surface area contributed by atoms with Gasteiger partial charge in [-0.25, -0.2) is 0 Å². The van der Waals surface area contributed by atoms with Crippen LogP contribution >= 0.6 is 0 Å². The van der Waals surface area contributed by atoms with Gasteiger partial charge in [-0.15, -0.1) is 0 Å². The van der Waals surface area contributed by atoms with E-state index < -0.39 is 0 Å². The zero-order chi connectivity index (χ0) is 6.69. The van der Waals surface area contributed by atoms with Gasteiger partial charge in [0.05, 0.1) is 19.2 Å². The van der Waals surface area contributed by atoms with Crippen molar-refractivity contribution in [1.82, 2.24) is 0 Å². The summed E-state index contributed by atoms with van der Waals surface area (Å²) < 4.78 is 5.04. The van der Waals surface area contributed by atoms with Gasteiger partial charge < -0.3 is 9.64 Å². The van der Waals surface area contributed by atoms with Crippen molar-refractivity contribution in [3.8, 4) is 0 Å². The summed E-state index contributed by atoms with van der Waals surface area (Å²) in [5, 5.41) is 0. The van der Waals surface area contributed by atoms with Crippen LogP contribution in [-0.4, -0.2) is 26.3 Å². The average Bonchev–Trinajstić information content (AvgIpc) is 2.18. The summed E-state index contributed by atoms with van der Waals surface area (Å²) in [7, 11) is 5.73. The molecule has 0 saturated carbocycles. The van der Waals surface area contributed by atoms with Gasteiger partial charge in [0.1, 0.15) is 0 Å². The van der Waals surface area contributed by atoms with E-state index in [9.17, 15) is 0 Å². The highest BCUT2D eigenvalue weighted by atomic mass is 16.5. The van der Waals surface area contributed by atoms with Crippen LogP contribution in [0.1, 0.15) is 12.8 Å². The zero-order valence-corrected chi connectivity index (χ0v) is 6.02. The highest BCUT2D eigenvalue weighted by Crippen LogP contribution is 1.98. The second-order valence-corrected chi connectivity index (χ2v) is 2.70. The smallest absolute Gasteiger partial charge is 0.0959 e. The molecular weight excluding hydrogens is 114 g/mol. The van der Waals surface area contributed by atoms with Crippen LogP contribution in [0.3, 0.4) is 0 Å². The predicted molar refractivity (Wildman–Crippen MR) is 36.1 cm³/mol. The number of hydrogen-bond donors (Lipinski definition) is 1. The number of methoxy groups -OCH3 is 1. The topological polar surface area (TPSA) is 13.7 Å². The first-order valence-corrected chi connectivity index (χ1v) is 3.51. The zero-order valence-electron chi connectivity index (χ0n) is 6.02. The van der Waals surface area contributed by atoms with Gasteiger partial charge in [-0.05, 0) is 6.42 Å². The maximum atomic E-state index is 5.04. The average molecular weight is 129 g/mol. The Balaban J connectivity index is 2.22. The quantitative estimate of drug-likeness (QED) is 0.495. The molecule has 1 unspecified atom stereocenters. The van der Waals surface area contributed by atoms with Gasteiger partial charge >= 0.3 is 0 Å². The molecule has 0 aromatic heterocycles. The van der Waals surface area contributed by atoms with Crippen LogP contribution in [0.2, 0.25) is 0 Å². The summed E-state index contributed by atoms with van der Waals surface area (Å²) >= 11 is 0. The highest BCUT2D eigenvalue weighted by molar-refractivity contribution is 4.60. The summed E-state index contributed by atoms with van der Waals surface area (Å²) in [6.45, 7) is 2.09. The van der Waals surface area contributed by atoms with Crippen molar-refractivity contribution < 1.29 is 9.64 Å². The van der Waals surface area contributed by atoms with Gasteiger partial charge in [0.2, 0.25) is 0 Å². The van der Waals surface area contributed by atoms with Crippen molar-refractivity contribution in [2.24, 2.45) is 0 Å². The Morgan fingerprint density at radius 3 is 3.00 bits per heavy atom. The molecule has 1 saturated heterocycles. The number of rotatable bonds is 2. The summed E-state index contributed by atoms with van der Waals surface area (Å²) in [6, 6.07) is 0.662. The maximum Gasteiger partial charge on any atom is 0.0959 e. The molecule has 0 spiro atoms. The molecule has 1 aliphatic heterocycles. The van der Waals surface area contributed by atoms with E-state index in [1.165, 1.54) is 24.3 Å². The molecule has 2 heteroatoms. The van der Waals surface area contributed by atoms with Gasteiger partial charge in [-0.2, -0.15) is 7.05 Å². The Kier molecular flexibility index (Phi) is 2.49. The summed E-state index contributed by atoms with van der Waals surface area (Å²) in [5.41, 5.74) is 0. The molecular formula is C7H15NO. The Bertz CT molecular complexity index is 85.0. The molecule has 1 fully saturated rings. The Morgan fingerprint density at radius 1 is 1.78 bits per heavy atom. The van der Waals surface area contributed by atoms with E-state index >= 15 is 0 Å². The second kappa shape index (κ2) is 3.18. The fraction of sp³-hybridized carbons (Fsp3) is 0.857. The summed E-state index contributed by atoms with van der Waals surface area (Å²) in [5.74, 6) is 0. The fourth-order valence-electron chi connectivity index (χ4n) is 1.39. The molecule has 1 aliphatic rings. The number of likely N-dealkylation sites (tertiary alicyclic amines) is 1. The molecule has 0 bridgehead atoms. The fourth-order valence-corrected chi connectivity index (χ4v) is 1.39. The number of hydrogen-bond acceptors (Lipinski definition) is 1. The largest absolute Gasteiger partial charge is 0.463 e. The van der Waals surface area contributed by atoms with Crippen LogP contribution in [0.25, 0.3) is 0 Å². The minimum atomic E-state index is 0.662. The lowest BCUT2D eigenvalue weighted by Gasteiger charge is -2.21. The van der Waals surface area contributed by atoms with Crippen molar-refractivity contribution in [3.05, 3.63) is 7.05 Å². The predicted octanol–water partition coefficient (Wildman–Crippen LogP) is -0.528. The van der Waals surface area contributed by atoms with Crippen molar-refractivity contribution in [2.75, 3.05) is 20.3 Å².